The predicted molar refractivity (Wildman–Crippen MR) is 76.0 cm³/mol. The van der Waals surface area contributed by atoms with E-state index in [0.29, 0.717) is 24.7 Å². The molecule has 3 unspecified atom stereocenters. The molecule has 0 aromatic heterocycles. The van der Waals surface area contributed by atoms with Crippen LogP contribution in [0, 0.1) is 22.0 Å². The molecule has 1 aromatic rings. The minimum Gasteiger partial charge on any atom is -0.393 e. The molecular formula is C14H17N3O4. The van der Waals surface area contributed by atoms with Gasteiger partial charge in [-0.15, -0.1) is 0 Å². The van der Waals surface area contributed by atoms with Crippen molar-refractivity contribution in [1.82, 2.24) is 0 Å². The van der Waals surface area contributed by atoms with Crippen LogP contribution in [0.1, 0.15) is 23.2 Å². The SMILES string of the molecule is NC(=O)c1ccc(N2CC3CCC(O)C3C2)c([N+](=O)[O-])c1. The summed E-state index contributed by atoms with van der Waals surface area (Å²) in [6.45, 7) is 1.32. The molecule has 1 heterocycles. The van der Waals surface area contributed by atoms with Crippen molar-refractivity contribution in [2.45, 2.75) is 18.9 Å². The van der Waals surface area contributed by atoms with Crippen LogP contribution in [0.2, 0.25) is 0 Å². The lowest BCUT2D eigenvalue weighted by Crippen LogP contribution is -2.25. The minimum atomic E-state index is -0.682. The first-order chi connectivity index (χ1) is 9.97. The zero-order valence-corrected chi connectivity index (χ0v) is 11.4. The average molecular weight is 291 g/mol. The van der Waals surface area contributed by atoms with Crippen LogP contribution in [0.4, 0.5) is 11.4 Å². The standard InChI is InChI=1S/C14H17N3O4/c15-14(19)8-1-3-11(12(5-8)17(20)21)16-6-9-2-4-13(18)10(9)7-16/h1,3,5,9-10,13,18H,2,4,6-7H2,(H2,15,19). The maximum absolute atomic E-state index is 11.2. The van der Waals surface area contributed by atoms with Crippen molar-refractivity contribution in [2.24, 2.45) is 17.6 Å². The van der Waals surface area contributed by atoms with Crippen molar-refractivity contribution in [3.8, 4) is 0 Å². The van der Waals surface area contributed by atoms with Gasteiger partial charge >= 0.3 is 0 Å². The van der Waals surface area contributed by atoms with Gasteiger partial charge in [0.2, 0.25) is 5.91 Å². The Hall–Kier alpha value is -2.15. The monoisotopic (exact) mass is 291 g/mol. The fourth-order valence-electron chi connectivity index (χ4n) is 3.52. The van der Waals surface area contributed by atoms with E-state index in [0.717, 1.165) is 12.8 Å². The lowest BCUT2D eigenvalue weighted by molar-refractivity contribution is -0.384. The molecule has 3 N–H and O–H groups in total. The molecule has 1 saturated heterocycles. The van der Waals surface area contributed by atoms with E-state index in [1.807, 2.05) is 4.90 Å². The van der Waals surface area contributed by atoms with Gasteiger partial charge in [0, 0.05) is 30.6 Å². The summed E-state index contributed by atoms with van der Waals surface area (Å²) in [5, 5.41) is 21.2. The molecule has 0 bridgehead atoms. The number of fused-ring (bicyclic) bond motifs is 1. The van der Waals surface area contributed by atoms with Gasteiger partial charge in [-0.3, -0.25) is 14.9 Å². The molecule has 3 rings (SSSR count). The second-order valence-electron chi connectivity index (χ2n) is 5.80. The first-order valence-electron chi connectivity index (χ1n) is 6.98. The lowest BCUT2D eigenvalue weighted by atomic mass is 10.00. The summed E-state index contributed by atoms with van der Waals surface area (Å²) in [6.07, 6.45) is 1.45. The van der Waals surface area contributed by atoms with E-state index in [1.54, 1.807) is 6.07 Å². The van der Waals surface area contributed by atoms with Gasteiger partial charge in [-0.2, -0.15) is 0 Å². The summed E-state index contributed by atoms with van der Waals surface area (Å²) >= 11 is 0. The Bertz CT molecular complexity index is 604. The topological polar surface area (TPSA) is 110 Å². The molecule has 7 nitrogen and oxygen atoms in total. The molecular weight excluding hydrogens is 274 g/mol. The van der Waals surface area contributed by atoms with Crippen LogP contribution in [-0.2, 0) is 0 Å². The van der Waals surface area contributed by atoms with Crippen LogP contribution in [0.15, 0.2) is 18.2 Å². The molecule has 2 aliphatic rings. The number of benzene rings is 1. The van der Waals surface area contributed by atoms with Crippen molar-refractivity contribution < 1.29 is 14.8 Å². The maximum Gasteiger partial charge on any atom is 0.293 e. The highest BCUT2D eigenvalue weighted by molar-refractivity contribution is 5.94. The fraction of sp³-hybridized carbons (Fsp3) is 0.500. The van der Waals surface area contributed by atoms with Gasteiger partial charge in [0.25, 0.3) is 5.69 Å². The minimum absolute atomic E-state index is 0.110. The lowest BCUT2D eigenvalue weighted by Gasteiger charge is -2.20. The smallest absolute Gasteiger partial charge is 0.293 e. The number of nitro groups is 1. The molecule has 1 aliphatic carbocycles. The van der Waals surface area contributed by atoms with Gasteiger partial charge in [0.15, 0.2) is 0 Å². The van der Waals surface area contributed by atoms with Gasteiger partial charge < -0.3 is 15.7 Å². The van der Waals surface area contributed by atoms with E-state index in [4.69, 9.17) is 5.73 Å². The number of carbonyl (C=O) groups excluding carboxylic acids is 1. The summed E-state index contributed by atoms with van der Waals surface area (Å²) in [4.78, 5) is 23.8. The van der Waals surface area contributed by atoms with Gasteiger partial charge in [0.1, 0.15) is 5.69 Å². The number of aliphatic hydroxyl groups is 1. The molecule has 112 valence electrons. The number of nitrogens with zero attached hydrogens (tertiary/aromatic N) is 2. The van der Waals surface area contributed by atoms with Crippen molar-refractivity contribution in [1.29, 1.82) is 0 Å². The number of hydrogen-bond acceptors (Lipinski definition) is 5. The van der Waals surface area contributed by atoms with Crippen molar-refractivity contribution in [3.63, 3.8) is 0 Å². The summed E-state index contributed by atoms with van der Waals surface area (Å²) in [5.41, 5.74) is 5.68. The van der Waals surface area contributed by atoms with Crippen LogP contribution in [0.5, 0.6) is 0 Å². The third kappa shape index (κ3) is 2.33. The Morgan fingerprint density at radius 1 is 1.38 bits per heavy atom. The third-order valence-corrected chi connectivity index (χ3v) is 4.62. The Morgan fingerprint density at radius 2 is 2.14 bits per heavy atom. The van der Waals surface area contributed by atoms with Crippen LogP contribution in [-0.4, -0.2) is 35.1 Å². The number of aliphatic hydroxyl groups excluding tert-OH is 1. The first-order valence-corrected chi connectivity index (χ1v) is 6.98. The predicted octanol–water partition coefficient (Wildman–Crippen LogP) is 0.901. The first kappa shape index (κ1) is 13.8. The van der Waals surface area contributed by atoms with Crippen LogP contribution < -0.4 is 10.6 Å². The largest absolute Gasteiger partial charge is 0.393 e. The number of hydrogen-bond donors (Lipinski definition) is 2. The van der Waals surface area contributed by atoms with Crippen LogP contribution in [0.3, 0.4) is 0 Å². The van der Waals surface area contributed by atoms with Crippen molar-refractivity contribution in [2.75, 3.05) is 18.0 Å². The summed E-state index contributed by atoms with van der Waals surface area (Å²) in [7, 11) is 0. The van der Waals surface area contributed by atoms with Gasteiger partial charge in [-0.1, -0.05) is 0 Å². The van der Waals surface area contributed by atoms with E-state index in [1.165, 1.54) is 12.1 Å². The van der Waals surface area contributed by atoms with E-state index < -0.39 is 10.8 Å². The quantitative estimate of drug-likeness (QED) is 0.635. The second kappa shape index (κ2) is 5.00. The van der Waals surface area contributed by atoms with Crippen molar-refractivity contribution >= 4 is 17.3 Å². The molecule has 21 heavy (non-hydrogen) atoms. The fourth-order valence-corrected chi connectivity index (χ4v) is 3.52. The second-order valence-corrected chi connectivity index (χ2v) is 5.80. The van der Waals surface area contributed by atoms with E-state index in [2.05, 4.69) is 0 Å². The highest BCUT2D eigenvalue weighted by Crippen LogP contribution is 2.42. The van der Waals surface area contributed by atoms with E-state index in [9.17, 15) is 20.0 Å². The van der Waals surface area contributed by atoms with Crippen LogP contribution >= 0.6 is 0 Å². The normalized spacial score (nSPS) is 27.7. The van der Waals surface area contributed by atoms with Crippen molar-refractivity contribution in [3.05, 3.63) is 33.9 Å². The molecule has 2 fully saturated rings. The number of carbonyl (C=O) groups is 1. The average Bonchev–Trinajstić information content (AvgIpc) is 3.00. The molecule has 1 amide bonds. The number of rotatable bonds is 3. The Morgan fingerprint density at radius 3 is 2.76 bits per heavy atom. The molecule has 1 aromatic carbocycles. The molecule has 1 aliphatic heterocycles. The summed E-state index contributed by atoms with van der Waals surface area (Å²) in [6, 6.07) is 4.31. The maximum atomic E-state index is 11.2. The number of amides is 1. The molecule has 7 heteroatoms. The molecule has 0 radical (unpaired) electrons. The Kier molecular flexibility index (Phi) is 3.29. The zero-order chi connectivity index (χ0) is 15.1. The molecule has 1 saturated carbocycles. The molecule has 0 spiro atoms. The third-order valence-electron chi connectivity index (χ3n) is 4.62. The Balaban J connectivity index is 1.92. The number of primary amides is 1. The van der Waals surface area contributed by atoms with Crippen LogP contribution in [0.25, 0.3) is 0 Å². The van der Waals surface area contributed by atoms with E-state index in [-0.39, 0.29) is 23.3 Å². The number of anilines is 1. The highest BCUT2D eigenvalue weighted by Gasteiger charge is 2.43. The summed E-state index contributed by atoms with van der Waals surface area (Å²) in [5.74, 6) is -0.116. The Labute approximate surface area is 121 Å². The van der Waals surface area contributed by atoms with Gasteiger partial charge in [0.05, 0.1) is 11.0 Å². The van der Waals surface area contributed by atoms with E-state index >= 15 is 0 Å². The number of nitrogens with two attached hydrogens (primary N) is 1. The molecule has 3 atom stereocenters. The number of nitro benzene ring substituents is 1. The zero-order valence-electron chi connectivity index (χ0n) is 11.4. The highest BCUT2D eigenvalue weighted by atomic mass is 16.6. The van der Waals surface area contributed by atoms with Gasteiger partial charge in [-0.25, -0.2) is 0 Å². The summed E-state index contributed by atoms with van der Waals surface area (Å²) < 4.78 is 0. The van der Waals surface area contributed by atoms with Gasteiger partial charge in [-0.05, 0) is 30.9 Å².